The summed E-state index contributed by atoms with van der Waals surface area (Å²) in [5.41, 5.74) is 0.851. The summed E-state index contributed by atoms with van der Waals surface area (Å²) in [5, 5.41) is 33.1. The van der Waals surface area contributed by atoms with E-state index in [1.807, 2.05) is 12.2 Å². The summed E-state index contributed by atoms with van der Waals surface area (Å²) in [6.45, 7) is -0.430. The monoisotopic (exact) mass is 337 g/mol. The van der Waals surface area contributed by atoms with Crippen molar-refractivity contribution in [2.24, 2.45) is 28.8 Å². The van der Waals surface area contributed by atoms with E-state index in [-0.39, 0.29) is 11.8 Å². The molecular formula is C18H27NO5. The van der Waals surface area contributed by atoms with Gasteiger partial charge in [-0.25, -0.2) is 4.79 Å². The molecule has 3 rings (SSSR count). The molecule has 0 radical (unpaired) electrons. The van der Waals surface area contributed by atoms with Gasteiger partial charge in [-0.3, -0.25) is 0 Å². The van der Waals surface area contributed by atoms with Crippen molar-refractivity contribution in [1.82, 2.24) is 0 Å². The largest absolute Gasteiger partial charge is 0.479 e. The van der Waals surface area contributed by atoms with E-state index in [2.05, 4.69) is 5.16 Å². The summed E-state index contributed by atoms with van der Waals surface area (Å²) >= 11 is 0. The summed E-state index contributed by atoms with van der Waals surface area (Å²) in [7, 11) is 0. The highest BCUT2D eigenvalue weighted by Gasteiger charge is 2.51. The molecule has 3 saturated carbocycles. The summed E-state index contributed by atoms with van der Waals surface area (Å²) in [6.07, 6.45) is 10.2. The molecule has 3 aliphatic carbocycles. The van der Waals surface area contributed by atoms with E-state index in [1.165, 1.54) is 19.3 Å². The zero-order chi connectivity index (χ0) is 17.1. The maximum atomic E-state index is 10.4. The Morgan fingerprint density at radius 2 is 2.08 bits per heavy atom. The first-order valence-electron chi connectivity index (χ1n) is 9.01. The average Bonchev–Trinajstić information content (AvgIpc) is 2.81. The van der Waals surface area contributed by atoms with Crippen LogP contribution in [0.2, 0.25) is 0 Å². The molecule has 0 saturated heterocycles. The quantitative estimate of drug-likeness (QED) is 0.508. The zero-order valence-corrected chi connectivity index (χ0v) is 13.9. The van der Waals surface area contributed by atoms with Crippen molar-refractivity contribution in [3.8, 4) is 0 Å². The standard InChI is InChI=1S/C18H27NO5/c20-16(11-4-2-1-3-5-11)7-6-12-13-8-15(14(13)9-17(12)21)19-24-10-18(22)23/h6-7,11-14,16-17,20-21H,1-5,8-10H2,(H,22,23)/t12?,13-,14-,16?,17?/m0/s1. The van der Waals surface area contributed by atoms with E-state index in [1.54, 1.807) is 0 Å². The van der Waals surface area contributed by atoms with Gasteiger partial charge in [0.1, 0.15) is 0 Å². The topological polar surface area (TPSA) is 99.4 Å². The third kappa shape index (κ3) is 3.81. The third-order valence-corrected chi connectivity index (χ3v) is 5.86. The highest BCUT2D eigenvalue weighted by Crippen LogP contribution is 2.49. The molecule has 5 atom stereocenters. The average molecular weight is 337 g/mol. The highest BCUT2D eigenvalue weighted by atomic mass is 16.6. The second-order valence-corrected chi connectivity index (χ2v) is 7.38. The fourth-order valence-corrected chi connectivity index (χ4v) is 4.46. The first kappa shape index (κ1) is 17.4. The van der Waals surface area contributed by atoms with Gasteiger partial charge in [-0.15, -0.1) is 0 Å². The van der Waals surface area contributed by atoms with Crippen LogP contribution in [0, 0.1) is 23.7 Å². The molecule has 0 aromatic carbocycles. The molecule has 0 amide bonds. The molecule has 0 bridgehead atoms. The number of hydrogen-bond donors (Lipinski definition) is 3. The van der Waals surface area contributed by atoms with E-state index >= 15 is 0 Å². The Morgan fingerprint density at radius 3 is 2.79 bits per heavy atom. The smallest absolute Gasteiger partial charge is 0.344 e. The van der Waals surface area contributed by atoms with Gasteiger partial charge in [0, 0.05) is 11.8 Å². The summed E-state index contributed by atoms with van der Waals surface area (Å²) in [5.74, 6) is -0.143. The number of rotatable bonds is 6. The predicted molar refractivity (Wildman–Crippen MR) is 88.5 cm³/mol. The van der Waals surface area contributed by atoms with E-state index in [9.17, 15) is 15.0 Å². The van der Waals surface area contributed by atoms with Crippen molar-refractivity contribution in [3.05, 3.63) is 12.2 Å². The van der Waals surface area contributed by atoms with Crippen molar-refractivity contribution in [1.29, 1.82) is 0 Å². The lowest BCUT2D eigenvalue weighted by Gasteiger charge is -2.34. The second kappa shape index (κ2) is 7.66. The van der Waals surface area contributed by atoms with Crippen LogP contribution in [-0.4, -0.2) is 45.8 Å². The molecule has 3 fully saturated rings. The fourth-order valence-electron chi connectivity index (χ4n) is 4.46. The number of aliphatic hydroxyl groups is 2. The van der Waals surface area contributed by atoms with Crippen LogP contribution in [-0.2, 0) is 9.63 Å². The Morgan fingerprint density at radius 1 is 1.33 bits per heavy atom. The van der Waals surface area contributed by atoms with Gasteiger partial charge < -0.3 is 20.2 Å². The Balaban J connectivity index is 1.52. The van der Waals surface area contributed by atoms with Gasteiger partial charge in [0.2, 0.25) is 6.61 Å². The van der Waals surface area contributed by atoms with Crippen molar-refractivity contribution < 1.29 is 25.0 Å². The molecule has 3 unspecified atom stereocenters. The Hall–Kier alpha value is -1.40. The Kier molecular flexibility index (Phi) is 5.56. The van der Waals surface area contributed by atoms with E-state index in [0.29, 0.717) is 18.3 Å². The fraction of sp³-hybridized carbons (Fsp3) is 0.778. The van der Waals surface area contributed by atoms with Gasteiger partial charge in [-0.1, -0.05) is 36.6 Å². The predicted octanol–water partition coefficient (Wildman–Crippen LogP) is 1.96. The van der Waals surface area contributed by atoms with Crippen LogP contribution in [0.5, 0.6) is 0 Å². The van der Waals surface area contributed by atoms with Crippen LogP contribution in [0.1, 0.15) is 44.9 Å². The molecule has 24 heavy (non-hydrogen) atoms. The normalized spacial score (nSPS) is 36.5. The van der Waals surface area contributed by atoms with Gasteiger partial charge in [0.15, 0.2) is 0 Å². The first-order chi connectivity index (χ1) is 11.6. The number of carboxylic acids is 1. The zero-order valence-electron chi connectivity index (χ0n) is 13.9. The molecule has 0 heterocycles. The molecule has 134 valence electrons. The van der Waals surface area contributed by atoms with E-state index in [0.717, 1.165) is 25.0 Å². The second-order valence-electron chi connectivity index (χ2n) is 7.38. The number of nitrogens with zero attached hydrogens (tertiary/aromatic N) is 1. The summed E-state index contributed by atoms with van der Waals surface area (Å²) in [4.78, 5) is 15.2. The minimum atomic E-state index is -1.04. The van der Waals surface area contributed by atoms with Crippen molar-refractivity contribution in [2.75, 3.05) is 6.61 Å². The number of fused-ring (bicyclic) bond motifs is 1. The van der Waals surface area contributed by atoms with Crippen LogP contribution in [0.3, 0.4) is 0 Å². The molecular weight excluding hydrogens is 310 g/mol. The van der Waals surface area contributed by atoms with E-state index < -0.39 is 24.8 Å². The lowest BCUT2D eigenvalue weighted by atomic mass is 9.70. The Labute approximate surface area is 142 Å². The molecule has 6 heteroatoms. The van der Waals surface area contributed by atoms with Crippen LogP contribution in [0.25, 0.3) is 0 Å². The lowest BCUT2D eigenvalue weighted by Crippen LogP contribution is -2.36. The molecule has 0 aromatic rings. The number of oxime groups is 1. The van der Waals surface area contributed by atoms with Crippen molar-refractivity contribution >= 4 is 11.7 Å². The number of carboxylic acid groups (broad SMARTS) is 1. The molecule has 3 aliphatic rings. The molecule has 0 aromatic heterocycles. The number of aliphatic hydroxyl groups excluding tert-OH is 2. The van der Waals surface area contributed by atoms with Gasteiger partial charge in [-0.05, 0) is 37.5 Å². The SMILES string of the molecule is O=C(O)CON=C1C[C@H]2C(C=CC(O)C3CCCCC3)C(O)C[C@H]12. The maximum absolute atomic E-state index is 10.4. The molecule has 0 spiro atoms. The minimum Gasteiger partial charge on any atom is -0.479 e. The maximum Gasteiger partial charge on any atom is 0.344 e. The van der Waals surface area contributed by atoms with Crippen LogP contribution in [0.15, 0.2) is 17.3 Å². The molecule has 0 aliphatic heterocycles. The molecule has 6 nitrogen and oxygen atoms in total. The van der Waals surface area contributed by atoms with Gasteiger partial charge in [-0.2, -0.15) is 0 Å². The van der Waals surface area contributed by atoms with Gasteiger partial charge in [0.25, 0.3) is 0 Å². The van der Waals surface area contributed by atoms with Crippen LogP contribution in [0.4, 0.5) is 0 Å². The summed E-state index contributed by atoms with van der Waals surface area (Å²) < 4.78 is 0. The number of hydrogen-bond acceptors (Lipinski definition) is 5. The third-order valence-electron chi connectivity index (χ3n) is 5.86. The number of aliphatic carboxylic acids is 1. The van der Waals surface area contributed by atoms with Crippen LogP contribution < -0.4 is 0 Å². The molecule has 3 N–H and O–H groups in total. The van der Waals surface area contributed by atoms with E-state index in [4.69, 9.17) is 9.94 Å². The highest BCUT2D eigenvalue weighted by molar-refractivity contribution is 5.93. The van der Waals surface area contributed by atoms with Crippen molar-refractivity contribution in [2.45, 2.75) is 57.2 Å². The van der Waals surface area contributed by atoms with Gasteiger partial charge >= 0.3 is 5.97 Å². The first-order valence-corrected chi connectivity index (χ1v) is 9.01. The lowest BCUT2D eigenvalue weighted by molar-refractivity contribution is -0.142. The summed E-state index contributed by atoms with van der Waals surface area (Å²) in [6, 6.07) is 0. The number of carbonyl (C=O) groups is 1. The van der Waals surface area contributed by atoms with Crippen LogP contribution >= 0.6 is 0 Å². The minimum absolute atomic E-state index is 0.0478. The van der Waals surface area contributed by atoms with Gasteiger partial charge in [0.05, 0.1) is 17.9 Å². The Bertz CT molecular complexity index is 512. The van der Waals surface area contributed by atoms with Crippen molar-refractivity contribution in [3.63, 3.8) is 0 Å².